The van der Waals surface area contributed by atoms with Crippen molar-refractivity contribution >= 4 is 58.4 Å². The Bertz CT molecular complexity index is 4070. The van der Waals surface area contributed by atoms with Crippen LogP contribution in [-0.4, -0.2) is 208 Å². The average molecular weight is 1400 g/mol. The van der Waals surface area contributed by atoms with Gasteiger partial charge in [-0.25, -0.2) is 29.4 Å². The van der Waals surface area contributed by atoms with Gasteiger partial charge in [-0.3, -0.25) is 19.2 Å². The minimum Gasteiger partial charge on any atom is -0.479 e. The number of piperidine rings is 1. The lowest BCUT2D eigenvalue weighted by Gasteiger charge is -2.38. The second kappa shape index (κ2) is 33.5. The molecule has 0 spiro atoms. The summed E-state index contributed by atoms with van der Waals surface area (Å²) in [7, 11) is 3.50. The lowest BCUT2D eigenvalue weighted by Crippen LogP contribution is -2.61. The van der Waals surface area contributed by atoms with Gasteiger partial charge < -0.3 is 73.8 Å². The number of carboxylic acids is 1. The number of carbonyl (C=O) groups is 7. The predicted molar refractivity (Wildman–Crippen MR) is 377 cm³/mol. The number of amides is 5. The van der Waals surface area contributed by atoms with Crippen LogP contribution < -0.4 is 15.4 Å². The molecular weight excluding hydrogens is 1310 g/mol. The molecule has 540 valence electrons. The molecule has 0 radical (unpaired) electrons. The number of Topliss-reactive ketones (excluding diaryl/α,β-unsaturated/α-hetero) is 1. The number of aliphatic carboxylic acids is 1. The Morgan fingerprint density at radius 1 is 0.676 bits per heavy atom. The van der Waals surface area contributed by atoms with Gasteiger partial charge in [0, 0.05) is 101 Å². The molecule has 2 aliphatic carbocycles. The Hall–Kier alpha value is -9.60. The van der Waals surface area contributed by atoms with Gasteiger partial charge in [-0.15, -0.1) is 0 Å². The zero-order valence-electron chi connectivity index (χ0n) is 58.2. The highest BCUT2D eigenvalue weighted by atomic mass is 16.7. The van der Waals surface area contributed by atoms with Gasteiger partial charge in [0.15, 0.2) is 11.9 Å². The van der Waals surface area contributed by atoms with Crippen LogP contribution in [0.4, 0.5) is 15.3 Å². The summed E-state index contributed by atoms with van der Waals surface area (Å²) in [6, 6.07) is 42.0. The number of hydrogen-bond acceptors (Lipinski definition) is 18. The van der Waals surface area contributed by atoms with E-state index in [0.717, 1.165) is 61.2 Å². The number of aromatic nitrogens is 2. The Morgan fingerprint density at radius 2 is 1.25 bits per heavy atom. The van der Waals surface area contributed by atoms with Crippen molar-refractivity contribution in [2.24, 2.45) is 11.8 Å². The van der Waals surface area contributed by atoms with Crippen LogP contribution >= 0.6 is 0 Å². The zero-order valence-corrected chi connectivity index (χ0v) is 58.2. The first-order valence-corrected chi connectivity index (χ1v) is 34.8. The van der Waals surface area contributed by atoms with Gasteiger partial charge in [-0.1, -0.05) is 124 Å². The molecule has 6 N–H and O–H groups in total. The number of fused-ring (bicyclic) bond motifs is 7. The number of hydrazine groups is 1. The molecule has 25 nitrogen and oxygen atoms in total. The van der Waals surface area contributed by atoms with Gasteiger partial charge in [0.1, 0.15) is 42.9 Å². The molecule has 7 atom stereocenters. The van der Waals surface area contributed by atoms with E-state index in [-0.39, 0.29) is 112 Å². The van der Waals surface area contributed by atoms with Gasteiger partial charge in [-0.05, 0) is 106 Å². The number of nitrogens with one attached hydrogen (secondary N) is 2. The maximum atomic E-state index is 14.4. The second-order valence-electron chi connectivity index (χ2n) is 26.9. The van der Waals surface area contributed by atoms with E-state index in [4.69, 9.17) is 33.4 Å². The summed E-state index contributed by atoms with van der Waals surface area (Å²) in [5, 5.41) is 50.2. The fourth-order valence-electron chi connectivity index (χ4n) is 14.0. The molecule has 0 saturated carbocycles. The van der Waals surface area contributed by atoms with Crippen LogP contribution in [0.2, 0.25) is 0 Å². The first kappa shape index (κ1) is 73.6. The molecule has 5 amide bonds. The molecule has 2 saturated heterocycles. The number of carbonyl (C=O) groups excluding carboxylic acids is 6. The van der Waals surface area contributed by atoms with Gasteiger partial charge in [0.25, 0.3) is 0 Å². The lowest BCUT2D eigenvalue weighted by molar-refractivity contribution is -0.271. The van der Waals surface area contributed by atoms with E-state index in [9.17, 15) is 54.0 Å². The molecular formula is C77H90N8O17. The van der Waals surface area contributed by atoms with Gasteiger partial charge in [0.2, 0.25) is 24.0 Å². The Labute approximate surface area is 592 Å². The van der Waals surface area contributed by atoms with E-state index in [1.165, 1.54) is 24.1 Å². The maximum Gasteiger partial charge on any atom is 0.424 e. The highest BCUT2D eigenvalue weighted by Crippen LogP contribution is 2.46. The van der Waals surface area contributed by atoms with Gasteiger partial charge in [-0.2, -0.15) is 0 Å². The van der Waals surface area contributed by atoms with Crippen LogP contribution in [0.1, 0.15) is 98.2 Å². The number of anilines is 1. The first-order chi connectivity index (χ1) is 49.1. The Balaban J connectivity index is 0.643. The third kappa shape index (κ3) is 17.0. The first-order valence-electron chi connectivity index (χ1n) is 34.8. The van der Waals surface area contributed by atoms with Crippen LogP contribution in [0.15, 0.2) is 140 Å². The maximum absolute atomic E-state index is 14.4. The molecule has 4 heterocycles. The summed E-state index contributed by atoms with van der Waals surface area (Å²) in [6.07, 6.45) is -7.73. The quantitative estimate of drug-likeness (QED) is 0.0182. The summed E-state index contributed by atoms with van der Waals surface area (Å²) >= 11 is 0. The van der Waals surface area contributed by atoms with Gasteiger partial charge >= 0.3 is 18.2 Å². The minimum absolute atomic E-state index is 0.0112. The van der Waals surface area contributed by atoms with Crippen LogP contribution in [-0.2, 0) is 60.7 Å². The Kier molecular flexibility index (Phi) is 24.2. The number of nitrogens with zero attached hydrogens (tertiary/aromatic N) is 6. The van der Waals surface area contributed by atoms with Crippen molar-refractivity contribution in [3.05, 3.63) is 173 Å². The van der Waals surface area contributed by atoms with Crippen LogP contribution in [0.25, 0.3) is 33.3 Å². The fourth-order valence-corrected chi connectivity index (χ4v) is 14.0. The SMILES string of the molecule is Cc1ccc(NC(=O)[C@H](C)CC(=O)[C@@H](NC(=O)CCOCCOCCN(C(=O)OCC2c3ccccc3-c3ccccc32)C2CCN(C(=O)CCn3c(CN(C)N(C)C(=O)OCC4c5ccccc5-c5ccccc54)cc4cccnc43)CC2)C(C)C)c(O[C@@H]2O[C@H](C(=O)O)[C@@H](O)[C@H](O)[C@H]2O)c1. The van der Waals surface area contributed by atoms with E-state index in [1.54, 1.807) is 50.0 Å². The second-order valence-corrected chi connectivity index (χ2v) is 26.9. The molecule has 2 aliphatic heterocycles. The van der Waals surface area contributed by atoms with E-state index < -0.39 is 72.6 Å². The van der Waals surface area contributed by atoms with Crippen molar-refractivity contribution in [2.75, 3.05) is 78.7 Å². The summed E-state index contributed by atoms with van der Waals surface area (Å²) < 4.78 is 37.1. The molecule has 11 rings (SSSR count). The summed E-state index contributed by atoms with van der Waals surface area (Å²) in [4.78, 5) is 103. The summed E-state index contributed by atoms with van der Waals surface area (Å²) in [5.74, 6) is -4.58. The normalized spacial score (nSPS) is 18.6. The number of aryl methyl sites for hydroxylation is 2. The number of ether oxygens (including phenoxy) is 6. The third-order valence-corrected chi connectivity index (χ3v) is 19.7. The summed E-state index contributed by atoms with van der Waals surface area (Å²) in [6.45, 7) is 9.21. The van der Waals surface area contributed by atoms with Crippen molar-refractivity contribution in [3.8, 4) is 28.0 Å². The summed E-state index contributed by atoms with van der Waals surface area (Å²) in [5.41, 5.74) is 11.3. The van der Waals surface area contributed by atoms with Gasteiger partial charge in [0.05, 0.1) is 44.7 Å². The van der Waals surface area contributed by atoms with Crippen LogP contribution in [0.5, 0.6) is 5.75 Å². The Morgan fingerprint density at radius 3 is 1.84 bits per heavy atom. The molecule has 4 aliphatic rings. The average Bonchev–Trinajstić information content (AvgIpc) is 1.61. The number of carboxylic acid groups (broad SMARTS) is 1. The molecule has 5 aromatic carbocycles. The molecule has 0 bridgehead atoms. The third-order valence-electron chi connectivity index (χ3n) is 19.7. The monoisotopic (exact) mass is 1400 g/mol. The van der Waals surface area contributed by atoms with Crippen molar-refractivity contribution in [1.82, 2.24) is 34.7 Å². The zero-order chi connectivity index (χ0) is 72.3. The number of hydrogen-bond donors (Lipinski definition) is 6. The van der Waals surface area contributed by atoms with Crippen molar-refractivity contribution in [1.29, 1.82) is 0 Å². The molecule has 2 aromatic heterocycles. The predicted octanol–water partition coefficient (Wildman–Crippen LogP) is 8.27. The number of pyridine rings is 1. The molecule has 102 heavy (non-hydrogen) atoms. The highest BCUT2D eigenvalue weighted by Gasteiger charge is 2.48. The van der Waals surface area contributed by atoms with E-state index in [2.05, 4.69) is 59.2 Å². The number of benzene rings is 5. The van der Waals surface area contributed by atoms with Crippen molar-refractivity contribution in [2.45, 2.75) is 128 Å². The molecule has 2 fully saturated rings. The number of rotatable bonds is 30. The van der Waals surface area contributed by atoms with Crippen LogP contribution in [0, 0.1) is 18.8 Å². The minimum atomic E-state index is -1.93. The molecule has 25 heteroatoms. The van der Waals surface area contributed by atoms with E-state index in [0.29, 0.717) is 44.6 Å². The topological polar surface area (TPSA) is 311 Å². The highest BCUT2D eigenvalue weighted by molar-refractivity contribution is 5.98. The number of aliphatic hydroxyl groups excluding tert-OH is 3. The number of likely N-dealkylation sites (tertiary alicyclic amines) is 1. The smallest absolute Gasteiger partial charge is 0.424 e. The van der Waals surface area contributed by atoms with E-state index in [1.807, 2.05) is 83.2 Å². The van der Waals surface area contributed by atoms with Crippen LogP contribution in [0.3, 0.4) is 0 Å². The number of ketones is 1. The lowest BCUT2D eigenvalue weighted by atomic mass is 9.92. The van der Waals surface area contributed by atoms with Crippen molar-refractivity contribution in [3.63, 3.8) is 0 Å². The van der Waals surface area contributed by atoms with Crippen molar-refractivity contribution < 1.29 is 82.4 Å². The molecule has 7 aromatic rings. The largest absolute Gasteiger partial charge is 0.479 e. The fraction of sp³-hybridized carbons (Fsp3) is 0.429. The standard InChI is InChI=1S/C77H90N8O17/c1-46(2)67(63(86)41-48(4)73(92)79-62-26-25-47(3)40-64(62)101-75-70(91)68(89)69(90)71(102-75)74(93)94)80-65(87)30-36-97-38-39-98-37-35-85(77(96)100-45-61-58-23-13-9-19-54(58)55-20-10-14-24-59(55)61)50-27-32-83(33-28-50)66(88)29-34-84-51(42-49-16-15-31-78-72(49)84)43-81(5)82(6)76(95)99-44-60-56-21-11-7-17-52(56)53-18-8-12-22-57(53)60/h7-26,31,40,42,46,48,50,60-61,67-71,75,89-91H,27-30,32-39,41,43-45H2,1-6H3,(H,79,92)(H,80,87)(H,93,94)/t48-,67+,68+,69+,70-,71+,75-/m1/s1. The number of aliphatic hydroxyl groups is 3. The van der Waals surface area contributed by atoms with E-state index >= 15 is 0 Å². The molecule has 0 unspecified atom stereocenters.